The van der Waals surface area contributed by atoms with Gasteiger partial charge in [-0.1, -0.05) is 30.3 Å². The first-order chi connectivity index (χ1) is 15.6. The first-order valence-corrected chi connectivity index (χ1v) is 10.2. The topological polar surface area (TPSA) is 117 Å². The van der Waals surface area contributed by atoms with Crippen LogP contribution in [0.4, 0.5) is 21.8 Å². The SMILES string of the molecule is O=C(Cn1cc(Nc2ncc(F)c(NC(CO)c3ccccc3)n2)cn1)N1CCOCC1. The zero-order valence-electron chi connectivity index (χ0n) is 17.3. The zero-order valence-corrected chi connectivity index (χ0v) is 17.3. The monoisotopic (exact) mass is 441 g/mol. The van der Waals surface area contributed by atoms with E-state index in [1.54, 1.807) is 11.1 Å². The lowest BCUT2D eigenvalue weighted by molar-refractivity contribution is -0.136. The van der Waals surface area contributed by atoms with Crippen LogP contribution < -0.4 is 10.6 Å². The van der Waals surface area contributed by atoms with E-state index in [4.69, 9.17) is 4.74 Å². The van der Waals surface area contributed by atoms with Crippen molar-refractivity contribution in [3.05, 3.63) is 60.3 Å². The summed E-state index contributed by atoms with van der Waals surface area (Å²) in [7, 11) is 0. The number of halogens is 1. The molecule has 0 bridgehead atoms. The van der Waals surface area contributed by atoms with Crippen LogP contribution in [0.25, 0.3) is 0 Å². The van der Waals surface area contributed by atoms with Crippen LogP contribution in [0.2, 0.25) is 0 Å². The highest BCUT2D eigenvalue weighted by molar-refractivity contribution is 5.76. The molecule has 4 rings (SSSR count). The van der Waals surface area contributed by atoms with Crippen LogP contribution >= 0.6 is 0 Å². The second-order valence-electron chi connectivity index (χ2n) is 7.23. The van der Waals surface area contributed by atoms with Gasteiger partial charge < -0.3 is 25.4 Å². The number of nitrogens with zero attached hydrogens (tertiary/aromatic N) is 5. The Labute approximate surface area is 184 Å². The Bertz CT molecular complexity index is 1040. The largest absolute Gasteiger partial charge is 0.394 e. The number of benzene rings is 1. The lowest BCUT2D eigenvalue weighted by Crippen LogP contribution is -2.42. The molecule has 3 N–H and O–H groups in total. The summed E-state index contributed by atoms with van der Waals surface area (Å²) in [5.41, 5.74) is 1.35. The number of carbonyl (C=O) groups excluding carboxylic acids is 1. The van der Waals surface area contributed by atoms with Crippen molar-refractivity contribution < 1.29 is 19.0 Å². The lowest BCUT2D eigenvalue weighted by Gasteiger charge is -2.26. The molecule has 10 nitrogen and oxygen atoms in total. The number of rotatable bonds is 8. The van der Waals surface area contributed by atoms with E-state index < -0.39 is 11.9 Å². The van der Waals surface area contributed by atoms with E-state index in [-0.39, 0.29) is 30.8 Å². The van der Waals surface area contributed by atoms with Crippen LogP contribution in [-0.2, 0) is 16.1 Å². The number of nitrogens with one attached hydrogen (secondary N) is 2. The molecule has 1 unspecified atom stereocenters. The molecule has 168 valence electrons. The lowest BCUT2D eigenvalue weighted by atomic mass is 10.1. The van der Waals surface area contributed by atoms with Crippen LogP contribution in [0.3, 0.4) is 0 Å². The maximum atomic E-state index is 14.3. The smallest absolute Gasteiger partial charge is 0.244 e. The summed E-state index contributed by atoms with van der Waals surface area (Å²) < 4.78 is 21.1. The zero-order chi connectivity index (χ0) is 22.3. The summed E-state index contributed by atoms with van der Waals surface area (Å²) in [6.45, 7) is 2.09. The molecular formula is C21H24FN7O3. The number of carbonyl (C=O) groups is 1. The molecule has 1 amide bonds. The molecule has 1 aromatic carbocycles. The molecule has 0 spiro atoms. The fourth-order valence-corrected chi connectivity index (χ4v) is 3.31. The summed E-state index contributed by atoms with van der Waals surface area (Å²) in [5.74, 6) is -0.571. The minimum atomic E-state index is -0.642. The molecule has 32 heavy (non-hydrogen) atoms. The predicted molar refractivity (Wildman–Crippen MR) is 115 cm³/mol. The molecule has 0 radical (unpaired) electrons. The van der Waals surface area contributed by atoms with Crippen LogP contribution in [0.5, 0.6) is 0 Å². The minimum Gasteiger partial charge on any atom is -0.394 e. The number of aliphatic hydroxyl groups excluding tert-OH is 1. The Morgan fingerprint density at radius 2 is 2.00 bits per heavy atom. The van der Waals surface area contributed by atoms with E-state index in [9.17, 15) is 14.3 Å². The Morgan fingerprint density at radius 3 is 2.75 bits per heavy atom. The maximum absolute atomic E-state index is 14.3. The van der Waals surface area contributed by atoms with Gasteiger partial charge in [-0.2, -0.15) is 10.1 Å². The molecule has 3 heterocycles. The predicted octanol–water partition coefficient (Wildman–Crippen LogP) is 1.56. The van der Waals surface area contributed by atoms with Gasteiger partial charge in [-0.25, -0.2) is 9.37 Å². The first kappa shape index (κ1) is 21.7. The number of aliphatic hydroxyl groups is 1. The molecule has 1 aliphatic heterocycles. The number of anilines is 3. The molecule has 0 saturated carbocycles. The molecular weight excluding hydrogens is 417 g/mol. The van der Waals surface area contributed by atoms with Gasteiger partial charge in [-0.15, -0.1) is 0 Å². The van der Waals surface area contributed by atoms with Gasteiger partial charge in [0.15, 0.2) is 11.6 Å². The standard InChI is InChI=1S/C21H24FN7O3/c22-17-11-23-21(27-20(17)26-18(14-30)15-4-2-1-3-5-15)25-16-10-24-29(12-16)13-19(31)28-6-8-32-9-7-28/h1-5,10-12,18,30H,6-9,13-14H2,(H2,23,25,26,27). The summed E-state index contributed by atoms with van der Waals surface area (Å²) in [6.07, 6.45) is 4.23. The van der Waals surface area contributed by atoms with Crippen LogP contribution in [0.15, 0.2) is 48.9 Å². The third-order valence-corrected chi connectivity index (χ3v) is 4.99. The summed E-state index contributed by atoms with van der Waals surface area (Å²) in [4.78, 5) is 22.2. The van der Waals surface area contributed by atoms with E-state index in [1.807, 2.05) is 30.3 Å². The number of hydrogen-bond acceptors (Lipinski definition) is 8. The number of hydrogen-bond donors (Lipinski definition) is 3. The van der Waals surface area contributed by atoms with Crippen LogP contribution in [0, 0.1) is 5.82 Å². The molecule has 1 aliphatic rings. The number of amides is 1. The third kappa shape index (κ3) is 5.37. The number of morpholine rings is 1. The molecule has 3 aromatic rings. The van der Waals surface area contributed by atoms with Gasteiger partial charge in [0.25, 0.3) is 0 Å². The van der Waals surface area contributed by atoms with Crippen molar-refractivity contribution in [3.63, 3.8) is 0 Å². The Hall–Kier alpha value is -3.57. The molecule has 0 aliphatic carbocycles. The fourth-order valence-electron chi connectivity index (χ4n) is 3.31. The molecule has 2 aromatic heterocycles. The highest BCUT2D eigenvalue weighted by Crippen LogP contribution is 2.22. The van der Waals surface area contributed by atoms with Crippen molar-refractivity contribution in [3.8, 4) is 0 Å². The van der Waals surface area contributed by atoms with Gasteiger partial charge in [-0.05, 0) is 5.56 Å². The fraction of sp³-hybridized carbons (Fsp3) is 0.333. The van der Waals surface area contributed by atoms with Gasteiger partial charge in [0.1, 0.15) is 6.54 Å². The minimum absolute atomic E-state index is 0.0385. The average Bonchev–Trinajstić information content (AvgIpc) is 3.27. The van der Waals surface area contributed by atoms with Crippen molar-refractivity contribution >= 4 is 23.4 Å². The third-order valence-electron chi connectivity index (χ3n) is 4.99. The second kappa shape index (κ2) is 10.2. The van der Waals surface area contributed by atoms with Crippen molar-refractivity contribution in [2.45, 2.75) is 12.6 Å². The highest BCUT2D eigenvalue weighted by atomic mass is 19.1. The van der Waals surface area contributed by atoms with E-state index in [0.717, 1.165) is 11.8 Å². The Balaban J connectivity index is 1.41. The summed E-state index contributed by atoms with van der Waals surface area (Å²) in [6, 6.07) is 8.68. The summed E-state index contributed by atoms with van der Waals surface area (Å²) in [5, 5.41) is 19.8. The highest BCUT2D eigenvalue weighted by Gasteiger charge is 2.18. The van der Waals surface area contributed by atoms with Crippen molar-refractivity contribution in [2.24, 2.45) is 0 Å². The van der Waals surface area contributed by atoms with Gasteiger partial charge in [-0.3, -0.25) is 9.48 Å². The second-order valence-corrected chi connectivity index (χ2v) is 7.23. The van der Waals surface area contributed by atoms with Gasteiger partial charge in [0, 0.05) is 19.3 Å². The van der Waals surface area contributed by atoms with Gasteiger partial charge in [0.05, 0.1) is 43.9 Å². The van der Waals surface area contributed by atoms with Crippen molar-refractivity contribution in [2.75, 3.05) is 43.5 Å². The van der Waals surface area contributed by atoms with E-state index in [1.165, 1.54) is 10.9 Å². The quantitative estimate of drug-likeness (QED) is 0.482. The summed E-state index contributed by atoms with van der Waals surface area (Å²) >= 11 is 0. The van der Waals surface area contributed by atoms with Crippen molar-refractivity contribution in [1.82, 2.24) is 24.6 Å². The number of ether oxygens (including phenoxy) is 1. The van der Waals surface area contributed by atoms with E-state index in [2.05, 4.69) is 25.7 Å². The first-order valence-electron chi connectivity index (χ1n) is 10.2. The normalized spacial score (nSPS) is 14.8. The van der Waals surface area contributed by atoms with Crippen molar-refractivity contribution in [1.29, 1.82) is 0 Å². The maximum Gasteiger partial charge on any atom is 0.244 e. The molecule has 1 atom stereocenters. The molecule has 1 fully saturated rings. The molecule has 11 heteroatoms. The van der Waals surface area contributed by atoms with Gasteiger partial charge >= 0.3 is 0 Å². The Morgan fingerprint density at radius 1 is 1.22 bits per heavy atom. The van der Waals surface area contributed by atoms with E-state index in [0.29, 0.717) is 32.0 Å². The van der Waals surface area contributed by atoms with E-state index >= 15 is 0 Å². The average molecular weight is 441 g/mol. The number of aromatic nitrogens is 4. The molecule has 1 saturated heterocycles. The Kier molecular flexibility index (Phi) is 6.87. The van der Waals surface area contributed by atoms with Crippen LogP contribution in [0.1, 0.15) is 11.6 Å². The van der Waals surface area contributed by atoms with Gasteiger partial charge in [0.2, 0.25) is 11.9 Å². The van der Waals surface area contributed by atoms with Crippen LogP contribution in [-0.4, -0.2) is 68.6 Å².